The van der Waals surface area contributed by atoms with Gasteiger partial charge >= 0.3 is 6.01 Å². The standard InChI is InChI=1S/C30H36FN5O3/c1-19(2)29-33-30(39-34-29)35-11-7-20(8-12-35)25-14-21(25)9-13-38-24-6-5-22(26(31)16-24)15-28(37)36-17-23-4-3-10-32-27(23)18-36/h3-6,10,16,19-21,25H,7-9,11-15,17-18H2,1-2H3/t21-,25?/m1/s1. The van der Waals surface area contributed by atoms with Crippen LogP contribution >= 0.6 is 0 Å². The Hall–Kier alpha value is -3.49. The number of rotatable bonds is 9. The molecule has 0 spiro atoms. The van der Waals surface area contributed by atoms with Gasteiger partial charge in [0.25, 0.3) is 0 Å². The maximum Gasteiger partial charge on any atom is 0.324 e. The number of fused-ring (bicyclic) bond motifs is 1. The number of carbonyl (C=O) groups excluding carboxylic acids is 1. The molecule has 1 saturated carbocycles. The Balaban J connectivity index is 0.917. The Morgan fingerprint density at radius 2 is 2.05 bits per heavy atom. The minimum absolute atomic E-state index is 0.0358. The number of ether oxygens (including phenoxy) is 1. The van der Waals surface area contributed by atoms with Crippen LogP contribution in [0.2, 0.25) is 0 Å². The normalized spacial score (nSPS) is 20.9. The van der Waals surface area contributed by atoms with E-state index in [9.17, 15) is 9.18 Å². The molecule has 2 aromatic heterocycles. The van der Waals surface area contributed by atoms with E-state index in [-0.39, 0.29) is 18.2 Å². The van der Waals surface area contributed by atoms with Gasteiger partial charge in [-0.15, -0.1) is 0 Å². The van der Waals surface area contributed by atoms with Gasteiger partial charge in [-0.25, -0.2) is 4.39 Å². The van der Waals surface area contributed by atoms with Gasteiger partial charge < -0.3 is 19.1 Å². The molecule has 3 aliphatic rings. The molecule has 0 radical (unpaired) electrons. The molecule has 8 nitrogen and oxygen atoms in total. The summed E-state index contributed by atoms with van der Waals surface area (Å²) in [4.78, 5) is 25.5. The first-order valence-corrected chi connectivity index (χ1v) is 14.1. The Bertz CT molecular complexity index is 1290. The summed E-state index contributed by atoms with van der Waals surface area (Å²) >= 11 is 0. The largest absolute Gasteiger partial charge is 0.493 e. The van der Waals surface area contributed by atoms with Gasteiger partial charge in [-0.2, -0.15) is 4.98 Å². The van der Waals surface area contributed by atoms with Crippen molar-refractivity contribution >= 4 is 11.9 Å². The molecule has 6 rings (SSSR count). The van der Waals surface area contributed by atoms with Gasteiger partial charge in [-0.05, 0) is 66.7 Å². The van der Waals surface area contributed by atoms with E-state index in [4.69, 9.17) is 9.26 Å². The summed E-state index contributed by atoms with van der Waals surface area (Å²) in [6.07, 6.45) is 6.29. The van der Waals surface area contributed by atoms with Crippen LogP contribution in [0, 0.1) is 23.6 Å². The Morgan fingerprint density at radius 3 is 2.79 bits per heavy atom. The number of piperidine rings is 1. The van der Waals surface area contributed by atoms with Crippen LogP contribution in [0.1, 0.15) is 68.1 Å². The number of hydrogen-bond acceptors (Lipinski definition) is 7. The van der Waals surface area contributed by atoms with Gasteiger partial charge in [0.2, 0.25) is 5.91 Å². The molecule has 9 heteroatoms. The van der Waals surface area contributed by atoms with E-state index in [1.54, 1.807) is 23.2 Å². The van der Waals surface area contributed by atoms with E-state index in [1.807, 2.05) is 12.1 Å². The fraction of sp³-hybridized carbons (Fsp3) is 0.533. The SMILES string of the molecule is CC(C)c1noc(N2CCC(C3C[C@H]3CCOc3ccc(CC(=O)N4Cc5cccnc5C4)c(F)c3)CC2)n1. The molecule has 39 heavy (non-hydrogen) atoms. The highest BCUT2D eigenvalue weighted by molar-refractivity contribution is 5.79. The van der Waals surface area contributed by atoms with Gasteiger partial charge in [-0.3, -0.25) is 9.78 Å². The number of amides is 1. The highest BCUT2D eigenvalue weighted by Crippen LogP contribution is 2.50. The summed E-state index contributed by atoms with van der Waals surface area (Å²) in [5, 5.41) is 4.09. The highest BCUT2D eigenvalue weighted by Gasteiger charge is 2.43. The zero-order valence-electron chi connectivity index (χ0n) is 22.7. The Kier molecular flexibility index (Phi) is 7.23. The van der Waals surface area contributed by atoms with E-state index >= 15 is 0 Å². The molecule has 2 atom stereocenters. The van der Waals surface area contributed by atoms with Gasteiger partial charge in [0.05, 0.1) is 25.3 Å². The summed E-state index contributed by atoms with van der Waals surface area (Å²) in [5.74, 6) is 3.23. The molecular formula is C30H36FN5O3. The Morgan fingerprint density at radius 1 is 1.21 bits per heavy atom. The number of aromatic nitrogens is 3. The lowest BCUT2D eigenvalue weighted by molar-refractivity contribution is -0.131. The third-order valence-corrected chi connectivity index (χ3v) is 8.50. The molecule has 3 aromatic rings. The average molecular weight is 534 g/mol. The lowest BCUT2D eigenvalue weighted by Crippen LogP contribution is -2.34. The smallest absolute Gasteiger partial charge is 0.324 e. The molecule has 1 amide bonds. The second-order valence-electron chi connectivity index (χ2n) is 11.5. The first-order valence-electron chi connectivity index (χ1n) is 14.1. The molecule has 1 aromatic carbocycles. The summed E-state index contributed by atoms with van der Waals surface area (Å²) in [7, 11) is 0. The monoisotopic (exact) mass is 533 g/mol. The maximum atomic E-state index is 14.8. The molecule has 2 aliphatic heterocycles. The number of anilines is 1. The summed E-state index contributed by atoms with van der Waals surface area (Å²) in [5.41, 5.74) is 2.37. The Labute approximate surface area is 228 Å². The average Bonchev–Trinajstić information content (AvgIpc) is 3.33. The lowest BCUT2D eigenvalue weighted by Gasteiger charge is -2.30. The van der Waals surface area contributed by atoms with Gasteiger partial charge in [0.1, 0.15) is 11.6 Å². The number of nitrogens with zero attached hydrogens (tertiary/aromatic N) is 5. The van der Waals surface area contributed by atoms with Crippen LogP contribution in [0.4, 0.5) is 10.4 Å². The molecule has 1 saturated heterocycles. The fourth-order valence-electron chi connectivity index (χ4n) is 6.03. The summed E-state index contributed by atoms with van der Waals surface area (Å²) < 4.78 is 26.1. The van der Waals surface area contributed by atoms with E-state index < -0.39 is 5.82 Å². The fourth-order valence-corrected chi connectivity index (χ4v) is 6.03. The number of pyridine rings is 1. The predicted molar refractivity (Wildman–Crippen MR) is 144 cm³/mol. The number of hydrogen-bond donors (Lipinski definition) is 0. The van der Waals surface area contributed by atoms with Crippen molar-refractivity contribution < 1.29 is 18.4 Å². The van der Waals surface area contributed by atoms with Crippen LogP contribution in [0.25, 0.3) is 0 Å². The minimum atomic E-state index is -0.395. The summed E-state index contributed by atoms with van der Waals surface area (Å²) in [6, 6.07) is 9.36. The minimum Gasteiger partial charge on any atom is -0.493 e. The zero-order valence-corrected chi connectivity index (χ0v) is 22.7. The molecule has 4 heterocycles. The third-order valence-electron chi connectivity index (χ3n) is 8.50. The third kappa shape index (κ3) is 5.77. The van der Waals surface area contributed by atoms with Crippen molar-refractivity contribution in [3.05, 3.63) is 65.0 Å². The van der Waals surface area contributed by atoms with Gasteiger partial charge in [-0.1, -0.05) is 31.1 Å². The topological polar surface area (TPSA) is 84.6 Å². The maximum absolute atomic E-state index is 14.8. The van der Waals surface area contributed by atoms with Crippen molar-refractivity contribution in [2.24, 2.45) is 17.8 Å². The van der Waals surface area contributed by atoms with Crippen LogP contribution in [0.5, 0.6) is 5.75 Å². The van der Waals surface area contributed by atoms with Crippen LogP contribution in [0.15, 0.2) is 41.1 Å². The first kappa shape index (κ1) is 25.8. The lowest BCUT2D eigenvalue weighted by atomic mass is 9.90. The van der Waals surface area contributed by atoms with Crippen molar-refractivity contribution in [2.45, 2.75) is 65.0 Å². The second kappa shape index (κ2) is 10.9. The number of benzene rings is 1. The van der Waals surface area contributed by atoms with Crippen molar-refractivity contribution in [1.29, 1.82) is 0 Å². The molecule has 0 bridgehead atoms. The van der Waals surface area contributed by atoms with Crippen LogP contribution < -0.4 is 9.64 Å². The molecular weight excluding hydrogens is 497 g/mol. The van der Waals surface area contributed by atoms with Crippen LogP contribution in [0.3, 0.4) is 0 Å². The number of halogens is 1. The quantitative estimate of drug-likeness (QED) is 0.377. The predicted octanol–water partition coefficient (Wildman–Crippen LogP) is 5.13. The van der Waals surface area contributed by atoms with Crippen LogP contribution in [-0.2, 0) is 24.3 Å². The zero-order chi connectivity index (χ0) is 26.9. The molecule has 1 aliphatic carbocycles. The van der Waals surface area contributed by atoms with Crippen molar-refractivity contribution in [2.75, 3.05) is 24.6 Å². The van der Waals surface area contributed by atoms with Gasteiger partial charge in [0, 0.05) is 37.8 Å². The van der Waals surface area contributed by atoms with E-state index in [0.717, 1.165) is 61.3 Å². The number of carbonyl (C=O) groups is 1. The van der Waals surface area contributed by atoms with Crippen molar-refractivity contribution in [1.82, 2.24) is 20.0 Å². The van der Waals surface area contributed by atoms with Gasteiger partial charge in [0.15, 0.2) is 5.82 Å². The van der Waals surface area contributed by atoms with E-state index in [0.29, 0.717) is 42.9 Å². The van der Waals surface area contributed by atoms with E-state index in [1.165, 1.54) is 12.5 Å². The second-order valence-corrected chi connectivity index (χ2v) is 11.5. The molecule has 0 N–H and O–H groups in total. The molecule has 2 fully saturated rings. The van der Waals surface area contributed by atoms with Crippen LogP contribution in [-0.4, -0.2) is 45.6 Å². The van der Waals surface area contributed by atoms with Crippen molar-refractivity contribution in [3.63, 3.8) is 0 Å². The van der Waals surface area contributed by atoms with Crippen molar-refractivity contribution in [3.8, 4) is 5.75 Å². The molecule has 1 unspecified atom stereocenters. The van der Waals surface area contributed by atoms with E-state index in [2.05, 4.69) is 33.9 Å². The highest BCUT2D eigenvalue weighted by atomic mass is 19.1. The first-order chi connectivity index (χ1) is 18.9. The summed E-state index contributed by atoms with van der Waals surface area (Å²) in [6.45, 7) is 7.65. The molecule has 206 valence electrons.